The van der Waals surface area contributed by atoms with Crippen LogP contribution in [-0.2, 0) is 30.4 Å². The minimum Gasteiger partial charge on any atom is -0.334 e. The van der Waals surface area contributed by atoms with E-state index in [1.165, 1.54) is 0 Å². The topological polar surface area (TPSA) is 62.3 Å². The third-order valence-electron chi connectivity index (χ3n) is 5.77. The van der Waals surface area contributed by atoms with Crippen molar-refractivity contribution in [2.75, 3.05) is 11.9 Å². The van der Waals surface area contributed by atoms with Gasteiger partial charge in [-0.15, -0.1) is 0 Å². The number of anilines is 1. The fraction of sp³-hybridized carbons (Fsp3) is 0.240. The van der Waals surface area contributed by atoms with Gasteiger partial charge in [0.1, 0.15) is 5.82 Å². The average Bonchev–Trinajstić information content (AvgIpc) is 2.78. The molecule has 0 bridgehead atoms. The number of halogens is 4. The Morgan fingerprint density at radius 3 is 2.62 bits per heavy atom. The van der Waals surface area contributed by atoms with Crippen LogP contribution >= 0.6 is 0 Å². The van der Waals surface area contributed by atoms with Crippen molar-refractivity contribution in [1.29, 1.82) is 0 Å². The number of pyridine rings is 1. The molecule has 176 valence electrons. The van der Waals surface area contributed by atoms with Crippen LogP contribution in [0.4, 0.5) is 23.2 Å². The van der Waals surface area contributed by atoms with Crippen LogP contribution in [0.15, 0.2) is 54.7 Å². The number of fused-ring (bicyclic) bond motifs is 1. The van der Waals surface area contributed by atoms with Gasteiger partial charge in [-0.05, 0) is 60.4 Å². The van der Waals surface area contributed by atoms with Crippen LogP contribution in [0, 0.1) is 12.7 Å². The van der Waals surface area contributed by atoms with Gasteiger partial charge < -0.3 is 10.2 Å². The first kappa shape index (κ1) is 23.4. The van der Waals surface area contributed by atoms with Crippen molar-refractivity contribution in [3.63, 3.8) is 0 Å². The molecule has 0 radical (unpaired) electrons. The Labute approximate surface area is 193 Å². The van der Waals surface area contributed by atoms with E-state index in [0.29, 0.717) is 42.5 Å². The molecule has 0 saturated carbocycles. The summed E-state index contributed by atoms with van der Waals surface area (Å²) in [5, 5.41) is 2.77. The van der Waals surface area contributed by atoms with Gasteiger partial charge in [0.25, 0.3) is 5.91 Å². The molecule has 1 aromatic heterocycles. The van der Waals surface area contributed by atoms with Crippen molar-refractivity contribution in [3.05, 3.63) is 94.1 Å². The zero-order valence-electron chi connectivity index (χ0n) is 18.2. The smallest absolute Gasteiger partial charge is 0.334 e. The van der Waals surface area contributed by atoms with Crippen molar-refractivity contribution in [3.8, 4) is 0 Å². The molecule has 1 aliphatic heterocycles. The summed E-state index contributed by atoms with van der Waals surface area (Å²) in [6, 6.07) is 11.3. The number of carbonyl (C=O) groups is 2. The molecule has 2 amide bonds. The van der Waals surface area contributed by atoms with Crippen molar-refractivity contribution in [1.82, 2.24) is 9.88 Å². The third kappa shape index (κ3) is 4.93. The van der Waals surface area contributed by atoms with Gasteiger partial charge in [0.15, 0.2) is 0 Å². The molecule has 0 spiro atoms. The van der Waals surface area contributed by atoms with Gasteiger partial charge in [-0.25, -0.2) is 4.39 Å². The molecule has 2 aromatic carbocycles. The highest BCUT2D eigenvalue weighted by Crippen LogP contribution is 2.32. The molecule has 0 fully saturated rings. The van der Waals surface area contributed by atoms with E-state index < -0.39 is 23.5 Å². The molecule has 1 aliphatic rings. The predicted molar refractivity (Wildman–Crippen MR) is 118 cm³/mol. The quantitative estimate of drug-likeness (QED) is 0.549. The zero-order valence-corrected chi connectivity index (χ0v) is 18.2. The number of rotatable bonds is 4. The maximum Gasteiger partial charge on any atom is 0.419 e. The van der Waals surface area contributed by atoms with E-state index in [9.17, 15) is 27.2 Å². The van der Waals surface area contributed by atoms with E-state index in [-0.39, 0.29) is 17.9 Å². The molecule has 0 aliphatic carbocycles. The molecule has 4 rings (SSSR count). The second-order valence-corrected chi connectivity index (χ2v) is 8.09. The molecule has 0 saturated heterocycles. The van der Waals surface area contributed by atoms with Crippen molar-refractivity contribution in [2.45, 2.75) is 32.5 Å². The van der Waals surface area contributed by atoms with Crippen LogP contribution in [0.3, 0.4) is 0 Å². The lowest BCUT2D eigenvalue weighted by Crippen LogP contribution is -2.36. The van der Waals surface area contributed by atoms with Crippen LogP contribution < -0.4 is 5.32 Å². The summed E-state index contributed by atoms with van der Waals surface area (Å²) in [5.41, 5.74) is 2.31. The third-order valence-corrected chi connectivity index (χ3v) is 5.77. The first-order valence-corrected chi connectivity index (χ1v) is 10.6. The van der Waals surface area contributed by atoms with Gasteiger partial charge >= 0.3 is 6.18 Å². The van der Waals surface area contributed by atoms with Gasteiger partial charge in [0.05, 0.1) is 17.5 Å². The Morgan fingerprint density at radius 2 is 1.91 bits per heavy atom. The lowest BCUT2D eigenvalue weighted by atomic mass is 9.96. The Balaban J connectivity index is 1.46. The second-order valence-electron chi connectivity index (χ2n) is 8.09. The molecule has 0 atom stereocenters. The van der Waals surface area contributed by atoms with Crippen LogP contribution in [0.2, 0.25) is 0 Å². The second kappa shape index (κ2) is 9.24. The standard InChI is InChI=1S/C25H21F4N3O2/c1-15-18(5-3-10-30-15)24(34)32-11-9-19-17(14-32)4-2-6-22(19)31-23(33)13-16-7-8-20(21(26)12-16)25(27,28)29/h2-8,10,12H,9,11,13-14H2,1H3,(H,31,33). The van der Waals surface area contributed by atoms with Crippen LogP contribution in [0.25, 0.3) is 0 Å². The van der Waals surface area contributed by atoms with Crippen molar-refractivity contribution < 1.29 is 27.2 Å². The summed E-state index contributed by atoms with van der Waals surface area (Å²) >= 11 is 0. The fourth-order valence-corrected chi connectivity index (χ4v) is 4.06. The lowest BCUT2D eigenvalue weighted by Gasteiger charge is -2.30. The molecular weight excluding hydrogens is 450 g/mol. The van der Waals surface area contributed by atoms with Gasteiger partial charge in [-0.2, -0.15) is 13.2 Å². The van der Waals surface area contributed by atoms with Gasteiger partial charge in [-0.1, -0.05) is 18.2 Å². The number of hydrogen-bond donors (Lipinski definition) is 1. The first-order valence-electron chi connectivity index (χ1n) is 10.6. The largest absolute Gasteiger partial charge is 0.419 e. The molecule has 5 nitrogen and oxygen atoms in total. The summed E-state index contributed by atoms with van der Waals surface area (Å²) in [4.78, 5) is 31.3. The van der Waals surface area contributed by atoms with E-state index in [2.05, 4.69) is 10.3 Å². The summed E-state index contributed by atoms with van der Waals surface area (Å²) in [7, 11) is 0. The Hall–Kier alpha value is -3.75. The summed E-state index contributed by atoms with van der Waals surface area (Å²) < 4.78 is 52.0. The number of aromatic nitrogens is 1. The van der Waals surface area contributed by atoms with E-state index >= 15 is 0 Å². The van der Waals surface area contributed by atoms with Crippen LogP contribution in [0.1, 0.15) is 38.3 Å². The number of aryl methyl sites for hydroxylation is 1. The molecule has 3 aromatic rings. The van der Waals surface area contributed by atoms with Crippen molar-refractivity contribution >= 4 is 17.5 Å². The highest BCUT2D eigenvalue weighted by atomic mass is 19.4. The number of nitrogens with zero attached hydrogens (tertiary/aromatic N) is 2. The number of carbonyl (C=O) groups excluding carboxylic acids is 2. The highest BCUT2D eigenvalue weighted by Gasteiger charge is 2.34. The number of alkyl halides is 3. The van der Waals surface area contributed by atoms with E-state index in [4.69, 9.17) is 0 Å². The predicted octanol–water partition coefficient (Wildman–Crippen LogP) is 4.93. The number of benzene rings is 2. The minimum absolute atomic E-state index is 0.116. The molecular formula is C25H21F4N3O2. The molecule has 0 unspecified atom stereocenters. The number of hydrogen-bond acceptors (Lipinski definition) is 3. The van der Waals surface area contributed by atoms with Gasteiger partial charge in [-0.3, -0.25) is 14.6 Å². The zero-order chi connectivity index (χ0) is 24.5. The van der Waals surface area contributed by atoms with Crippen LogP contribution in [0.5, 0.6) is 0 Å². The SMILES string of the molecule is Cc1ncccc1C(=O)N1CCc2c(cccc2NC(=O)Cc2ccc(C(F)(F)F)c(F)c2)C1. The average molecular weight is 471 g/mol. The molecule has 1 N–H and O–H groups in total. The minimum atomic E-state index is -4.79. The summed E-state index contributed by atoms with van der Waals surface area (Å²) in [6.45, 7) is 2.61. The van der Waals surface area contributed by atoms with E-state index in [1.54, 1.807) is 42.3 Å². The highest BCUT2D eigenvalue weighted by molar-refractivity contribution is 5.96. The van der Waals surface area contributed by atoms with E-state index in [1.807, 2.05) is 6.07 Å². The van der Waals surface area contributed by atoms with Crippen molar-refractivity contribution in [2.24, 2.45) is 0 Å². The maximum atomic E-state index is 13.8. The van der Waals surface area contributed by atoms with E-state index in [0.717, 1.165) is 23.3 Å². The summed E-state index contributed by atoms with van der Waals surface area (Å²) in [5.74, 6) is -2.00. The Kier molecular flexibility index (Phi) is 6.37. The first-order chi connectivity index (χ1) is 16.1. The van der Waals surface area contributed by atoms with Gasteiger partial charge in [0.2, 0.25) is 5.91 Å². The Morgan fingerprint density at radius 1 is 1.12 bits per heavy atom. The molecule has 34 heavy (non-hydrogen) atoms. The fourth-order valence-electron chi connectivity index (χ4n) is 4.06. The number of amides is 2. The molecule has 9 heteroatoms. The number of nitrogens with one attached hydrogen (secondary N) is 1. The monoisotopic (exact) mass is 471 g/mol. The van der Waals surface area contributed by atoms with Gasteiger partial charge in [0, 0.05) is 30.7 Å². The Bertz CT molecular complexity index is 1260. The maximum absolute atomic E-state index is 13.8. The van der Waals surface area contributed by atoms with Crippen LogP contribution in [-0.4, -0.2) is 28.2 Å². The lowest BCUT2D eigenvalue weighted by molar-refractivity contribution is -0.140. The summed E-state index contributed by atoms with van der Waals surface area (Å²) in [6.07, 6.45) is -2.92. The normalized spacial score (nSPS) is 13.4. The molecule has 2 heterocycles.